The van der Waals surface area contributed by atoms with Crippen LogP contribution in [0.3, 0.4) is 0 Å². The van der Waals surface area contributed by atoms with Crippen molar-refractivity contribution in [2.45, 2.75) is 45.3 Å². The molecule has 0 saturated heterocycles. The number of hydrogen-bond acceptors (Lipinski definition) is 3. The minimum absolute atomic E-state index is 0.0448. The number of carbonyl (C=O) groups excluding carboxylic acids is 1. The van der Waals surface area contributed by atoms with Crippen LogP contribution in [0.25, 0.3) is 0 Å². The van der Waals surface area contributed by atoms with Crippen LogP contribution in [0.5, 0.6) is 0 Å². The molecule has 0 radical (unpaired) electrons. The molecule has 14 heavy (non-hydrogen) atoms. The van der Waals surface area contributed by atoms with E-state index in [-0.39, 0.29) is 24.1 Å². The van der Waals surface area contributed by atoms with Crippen molar-refractivity contribution < 1.29 is 14.6 Å². The molecule has 1 N–H and O–H groups in total. The number of aliphatic hydroxyl groups is 1. The number of hydrogen-bond donors (Lipinski definition) is 1. The smallest absolute Gasteiger partial charge is 0.309 e. The van der Waals surface area contributed by atoms with E-state index in [1.165, 1.54) is 0 Å². The molecule has 0 aromatic rings. The van der Waals surface area contributed by atoms with Gasteiger partial charge in [0, 0.05) is 0 Å². The maximum absolute atomic E-state index is 11.6. The summed E-state index contributed by atoms with van der Waals surface area (Å²) in [4.78, 5) is 11.6. The first-order chi connectivity index (χ1) is 6.58. The quantitative estimate of drug-likeness (QED) is 0.681. The van der Waals surface area contributed by atoms with Crippen LogP contribution < -0.4 is 0 Å². The summed E-state index contributed by atoms with van der Waals surface area (Å²) in [6.45, 7) is 3.72. The van der Waals surface area contributed by atoms with Crippen LogP contribution in [0.4, 0.5) is 0 Å². The Morgan fingerprint density at radius 1 is 1.36 bits per heavy atom. The molecule has 3 nitrogen and oxygen atoms in total. The summed E-state index contributed by atoms with van der Waals surface area (Å²) in [7, 11) is 0. The second-order valence-electron chi connectivity index (χ2n) is 4.88. The molecule has 0 amide bonds. The highest BCUT2D eigenvalue weighted by atomic mass is 16.5. The lowest BCUT2D eigenvalue weighted by atomic mass is 9.87. The zero-order chi connectivity index (χ0) is 10.3. The Kier molecular flexibility index (Phi) is 2.52. The molecule has 2 rings (SSSR count). The molecule has 0 bridgehead atoms. The van der Waals surface area contributed by atoms with E-state index in [0.29, 0.717) is 18.3 Å². The van der Waals surface area contributed by atoms with Crippen LogP contribution in [0.2, 0.25) is 0 Å². The standard InChI is InChI=1S/C11H18O3/c1-6(2)14-11(13)8-3-7-4-9(7)10(12)5-8/h6-10,12H,3-5H2,1-2H3/t7-,8-,9+,10-/m1/s1. The first kappa shape index (κ1) is 9.97. The third-order valence-electron chi connectivity index (χ3n) is 3.27. The van der Waals surface area contributed by atoms with E-state index in [1.54, 1.807) is 0 Å². The molecule has 2 fully saturated rings. The Hall–Kier alpha value is -0.570. The number of aliphatic hydroxyl groups excluding tert-OH is 1. The van der Waals surface area contributed by atoms with E-state index >= 15 is 0 Å². The lowest BCUT2D eigenvalue weighted by Crippen LogP contribution is -2.30. The lowest BCUT2D eigenvalue weighted by Gasteiger charge is -2.24. The summed E-state index contributed by atoms with van der Waals surface area (Å²) in [6.07, 6.45) is 2.32. The third kappa shape index (κ3) is 1.92. The second kappa shape index (κ2) is 3.54. The molecular formula is C11H18O3. The maximum atomic E-state index is 11.6. The molecule has 0 aliphatic heterocycles. The van der Waals surface area contributed by atoms with Crippen LogP contribution in [-0.2, 0) is 9.53 Å². The van der Waals surface area contributed by atoms with Gasteiger partial charge in [0.15, 0.2) is 0 Å². The van der Waals surface area contributed by atoms with Gasteiger partial charge >= 0.3 is 5.97 Å². The van der Waals surface area contributed by atoms with Crippen LogP contribution in [0, 0.1) is 17.8 Å². The SMILES string of the molecule is CC(C)OC(=O)[C@@H]1C[C@@H]2C[C@@H]2[C@H](O)C1. The highest BCUT2D eigenvalue weighted by Gasteiger charge is 2.49. The number of fused-ring (bicyclic) bond motifs is 1. The minimum Gasteiger partial charge on any atom is -0.463 e. The normalized spacial score (nSPS) is 40.6. The highest BCUT2D eigenvalue weighted by molar-refractivity contribution is 5.73. The molecule has 0 heterocycles. The number of rotatable bonds is 2. The fourth-order valence-electron chi connectivity index (χ4n) is 2.46. The lowest BCUT2D eigenvalue weighted by molar-refractivity contribution is -0.155. The van der Waals surface area contributed by atoms with Gasteiger partial charge in [0.1, 0.15) is 0 Å². The predicted molar refractivity (Wildman–Crippen MR) is 51.6 cm³/mol. The van der Waals surface area contributed by atoms with E-state index in [0.717, 1.165) is 12.8 Å². The molecular weight excluding hydrogens is 180 g/mol. The Bertz CT molecular complexity index is 237. The maximum Gasteiger partial charge on any atom is 0.309 e. The van der Waals surface area contributed by atoms with Gasteiger partial charge in [-0.1, -0.05) is 0 Å². The molecule has 0 aromatic carbocycles. The van der Waals surface area contributed by atoms with Gasteiger partial charge in [-0.05, 0) is 44.9 Å². The minimum atomic E-state index is -0.265. The van der Waals surface area contributed by atoms with Crippen molar-refractivity contribution in [1.29, 1.82) is 0 Å². The summed E-state index contributed by atoms with van der Waals surface area (Å²) in [6, 6.07) is 0. The Morgan fingerprint density at radius 2 is 2.07 bits per heavy atom. The van der Waals surface area contributed by atoms with E-state index in [2.05, 4.69) is 0 Å². The van der Waals surface area contributed by atoms with Gasteiger partial charge in [-0.2, -0.15) is 0 Å². The third-order valence-corrected chi connectivity index (χ3v) is 3.27. The van der Waals surface area contributed by atoms with E-state index in [4.69, 9.17) is 4.74 Å². The van der Waals surface area contributed by atoms with Crippen molar-refractivity contribution in [2.75, 3.05) is 0 Å². The van der Waals surface area contributed by atoms with Gasteiger partial charge in [-0.25, -0.2) is 0 Å². The molecule has 2 aliphatic carbocycles. The summed E-state index contributed by atoms with van der Waals surface area (Å²) in [5.74, 6) is 0.891. The van der Waals surface area contributed by atoms with Crippen LogP contribution in [0.1, 0.15) is 33.1 Å². The first-order valence-electron chi connectivity index (χ1n) is 5.46. The van der Waals surface area contributed by atoms with Gasteiger partial charge in [0.05, 0.1) is 18.1 Å². The monoisotopic (exact) mass is 198 g/mol. The van der Waals surface area contributed by atoms with Gasteiger partial charge in [0.25, 0.3) is 0 Å². The summed E-state index contributed by atoms with van der Waals surface area (Å²) in [5, 5.41) is 9.67. The van der Waals surface area contributed by atoms with Gasteiger partial charge < -0.3 is 9.84 Å². The van der Waals surface area contributed by atoms with Crippen molar-refractivity contribution in [1.82, 2.24) is 0 Å². The largest absolute Gasteiger partial charge is 0.463 e. The van der Waals surface area contributed by atoms with Crippen molar-refractivity contribution in [3.05, 3.63) is 0 Å². The van der Waals surface area contributed by atoms with Crippen molar-refractivity contribution in [3.63, 3.8) is 0 Å². The highest BCUT2D eigenvalue weighted by Crippen LogP contribution is 2.51. The van der Waals surface area contributed by atoms with Crippen LogP contribution in [0.15, 0.2) is 0 Å². The average Bonchev–Trinajstić information content (AvgIpc) is 2.81. The molecule has 2 aliphatic rings. The fourth-order valence-corrected chi connectivity index (χ4v) is 2.46. The molecule has 0 aromatic heterocycles. The zero-order valence-electron chi connectivity index (χ0n) is 8.77. The Morgan fingerprint density at radius 3 is 2.64 bits per heavy atom. The molecule has 0 spiro atoms. The molecule has 0 unspecified atom stereocenters. The van der Waals surface area contributed by atoms with Gasteiger partial charge in [-0.15, -0.1) is 0 Å². The zero-order valence-corrected chi connectivity index (χ0v) is 8.77. The molecule has 2 saturated carbocycles. The molecule has 4 atom stereocenters. The van der Waals surface area contributed by atoms with E-state index < -0.39 is 0 Å². The Balaban J connectivity index is 1.88. The summed E-state index contributed by atoms with van der Waals surface area (Å²) >= 11 is 0. The summed E-state index contributed by atoms with van der Waals surface area (Å²) in [5.41, 5.74) is 0. The van der Waals surface area contributed by atoms with Crippen molar-refractivity contribution >= 4 is 5.97 Å². The number of carbonyl (C=O) groups is 1. The van der Waals surface area contributed by atoms with E-state index in [9.17, 15) is 9.90 Å². The Labute approximate surface area is 84.4 Å². The van der Waals surface area contributed by atoms with Crippen molar-refractivity contribution in [3.8, 4) is 0 Å². The fraction of sp³-hybridized carbons (Fsp3) is 0.909. The van der Waals surface area contributed by atoms with Crippen LogP contribution >= 0.6 is 0 Å². The topological polar surface area (TPSA) is 46.5 Å². The summed E-state index contributed by atoms with van der Waals surface area (Å²) < 4.78 is 5.15. The van der Waals surface area contributed by atoms with Gasteiger partial charge in [0.2, 0.25) is 0 Å². The van der Waals surface area contributed by atoms with Gasteiger partial charge in [-0.3, -0.25) is 4.79 Å². The average molecular weight is 198 g/mol. The number of esters is 1. The second-order valence-corrected chi connectivity index (χ2v) is 4.88. The number of ether oxygens (including phenoxy) is 1. The van der Waals surface area contributed by atoms with E-state index in [1.807, 2.05) is 13.8 Å². The predicted octanol–water partition coefficient (Wildman–Crippen LogP) is 1.34. The van der Waals surface area contributed by atoms with Crippen LogP contribution in [-0.4, -0.2) is 23.3 Å². The first-order valence-corrected chi connectivity index (χ1v) is 5.46. The molecule has 3 heteroatoms. The van der Waals surface area contributed by atoms with Crippen molar-refractivity contribution in [2.24, 2.45) is 17.8 Å². The molecule has 80 valence electrons.